The topological polar surface area (TPSA) is 37.3 Å². The Morgan fingerprint density at radius 3 is 2.60 bits per heavy atom. The molecule has 1 aliphatic carbocycles. The second-order valence-electron chi connectivity index (χ2n) is 3.97. The van der Waals surface area contributed by atoms with Gasteiger partial charge in [-0.3, -0.25) is 4.79 Å². The second kappa shape index (κ2) is 3.20. The number of carbonyl (C=O) groups is 1. The van der Waals surface area contributed by atoms with Gasteiger partial charge in [-0.1, -0.05) is 11.6 Å². The van der Waals surface area contributed by atoms with Crippen LogP contribution < -0.4 is 0 Å². The number of carboxylic acids is 1. The van der Waals surface area contributed by atoms with Gasteiger partial charge in [-0.2, -0.15) is 0 Å². The lowest BCUT2D eigenvalue weighted by atomic mass is 9.92. The number of hydrogen-bond donors (Lipinski definition) is 1. The van der Waals surface area contributed by atoms with E-state index in [4.69, 9.17) is 16.7 Å². The average Bonchev–Trinajstić information content (AvgIpc) is 2.92. The maximum atomic E-state index is 13.1. The largest absolute Gasteiger partial charge is 0.481 e. The molecule has 4 heteroatoms. The summed E-state index contributed by atoms with van der Waals surface area (Å²) in [7, 11) is 0. The summed E-state index contributed by atoms with van der Waals surface area (Å²) >= 11 is 5.66. The van der Waals surface area contributed by atoms with Crippen molar-refractivity contribution in [2.45, 2.75) is 25.2 Å². The smallest absolute Gasteiger partial charge is 0.314 e. The van der Waals surface area contributed by atoms with E-state index in [-0.39, 0.29) is 5.02 Å². The number of carboxylic acid groups (broad SMARTS) is 1. The molecule has 0 saturated heterocycles. The fourth-order valence-electron chi connectivity index (χ4n) is 1.89. The van der Waals surface area contributed by atoms with Crippen molar-refractivity contribution in [1.82, 2.24) is 0 Å². The van der Waals surface area contributed by atoms with Gasteiger partial charge in [0.25, 0.3) is 0 Å². The van der Waals surface area contributed by atoms with Crippen molar-refractivity contribution in [3.05, 3.63) is 34.1 Å². The normalized spacial score (nSPS) is 17.5. The van der Waals surface area contributed by atoms with Gasteiger partial charge in [-0.25, -0.2) is 4.39 Å². The SMILES string of the molecule is Cc1cc(F)c(Cl)cc1C1(C(=O)O)CC1. The van der Waals surface area contributed by atoms with Gasteiger partial charge >= 0.3 is 5.97 Å². The quantitative estimate of drug-likeness (QED) is 0.845. The van der Waals surface area contributed by atoms with E-state index in [2.05, 4.69) is 0 Å². The molecule has 0 radical (unpaired) electrons. The Labute approximate surface area is 91.7 Å². The third-order valence-corrected chi connectivity index (χ3v) is 3.23. The molecule has 0 aliphatic heterocycles. The van der Waals surface area contributed by atoms with Gasteiger partial charge in [0, 0.05) is 0 Å². The zero-order valence-corrected chi connectivity index (χ0v) is 8.94. The molecule has 0 heterocycles. The molecule has 1 saturated carbocycles. The van der Waals surface area contributed by atoms with Crippen molar-refractivity contribution in [2.75, 3.05) is 0 Å². The summed E-state index contributed by atoms with van der Waals surface area (Å²) in [6, 6.07) is 2.73. The molecule has 1 aromatic carbocycles. The summed E-state index contributed by atoms with van der Waals surface area (Å²) in [4.78, 5) is 11.1. The predicted molar refractivity (Wildman–Crippen MR) is 54.7 cm³/mol. The van der Waals surface area contributed by atoms with Crippen molar-refractivity contribution >= 4 is 17.6 Å². The first-order valence-electron chi connectivity index (χ1n) is 4.67. The number of aliphatic carboxylic acids is 1. The van der Waals surface area contributed by atoms with E-state index in [0.29, 0.717) is 24.0 Å². The Bertz CT molecular complexity index is 438. The molecule has 2 rings (SSSR count). The van der Waals surface area contributed by atoms with Gasteiger partial charge in [0.15, 0.2) is 0 Å². The van der Waals surface area contributed by atoms with Crippen molar-refractivity contribution in [1.29, 1.82) is 0 Å². The molecular formula is C11H10ClFO2. The van der Waals surface area contributed by atoms with Gasteiger partial charge in [-0.15, -0.1) is 0 Å². The van der Waals surface area contributed by atoms with E-state index < -0.39 is 17.2 Å². The van der Waals surface area contributed by atoms with Crippen LogP contribution in [0.3, 0.4) is 0 Å². The molecule has 0 amide bonds. The molecule has 0 atom stereocenters. The lowest BCUT2D eigenvalue weighted by molar-refractivity contribution is -0.140. The molecule has 1 fully saturated rings. The molecule has 15 heavy (non-hydrogen) atoms. The summed E-state index contributed by atoms with van der Waals surface area (Å²) in [5.74, 6) is -1.35. The van der Waals surface area contributed by atoms with Crippen LogP contribution in [-0.2, 0) is 10.2 Å². The highest BCUT2D eigenvalue weighted by molar-refractivity contribution is 6.30. The highest BCUT2D eigenvalue weighted by Crippen LogP contribution is 2.50. The first-order chi connectivity index (χ1) is 6.97. The minimum absolute atomic E-state index is 0.0110. The minimum Gasteiger partial charge on any atom is -0.481 e. The van der Waals surface area contributed by atoms with Crippen LogP contribution in [0, 0.1) is 12.7 Å². The lowest BCUT2D eigenvalue weighted by Gasteiger charge is -2.14. The van der Waals surface area contributed by atoms with Crippen LogP contribution in [0.15, 0.2) is 12.1 Å². The summed E-state index contributed by atoms with van der Waals surface area (Å²) in [6.45, 7) is 1.71. The number of rotatable bonds is 2. The summed E-state index contributed by atoms with van der Waals surface area (Å²) in [5, 5.41) is 9.09. The fourth-order valence-corrected chi connectivity index (χ4v) is 2.05. The number of benzene rings is 1. The molecule has 1 aromatic rings. The van der Waals surface area contributed by atoms with Crippen LogP contribution in [0.1, 0.15) is 24.0 Å². The number of aryl methyl sites for hydroxylation is 1. The van der Waals surface area contributed by atoms with Crippen LogP contribution in [0.4, 0.5) is 4.39 Å². The van der Waals surface area contributed by atoms with E-state index in [9.17, 15) is 9.18 Å². The summed E-state index contributed by atoms with van der Waals surface area (Å²) < 4.78 is 13.1. The van der Waals surface area contributed by atoms with Crippen LogP contribution >= 0.6 is 11.6 Å². The maximum Gasteiger partial charge on any atom is 0.314 e. The van der Waals surface area contributed by atoms with Crippen LogP contribution in [0.5, 0.6) is 0 Å². The van der Waals surface area contributed by atoms with Gasteiger partial charge in [0.1, 0.15) is 5.82 Å². The second-order valence-corrected chi connectivity index (χ2v) is 4.38. The van der Waals surface area contributed by atoms with Crippen molar-refractivity contribution < 1.29 is 14.3 Å². The van der Waals surface area contributed by atoms with Crippen LogP contribution in [0.2, 0.25) is 5.02 Å². The van der Waals surface area contributed by atoms with Gasteiger partial charge in [0.2, 0.25) is 0 Å². The van der Waals surface area contributed by atoms with Gasteiger partial charge in [-0.05, 0) is 43.0 Å². The average molecular weight is 229 g/mol. The maximum absolute atomic E-state index is 13.1. The Morgan fingerprint density at radius 2 is 2.13 bits per heavy atom. The third-order valence-electron chi connectivity index (χ3n) is 2.94. The third kappa shape index (κ3) is 1.51. The van der Waals surface area contributed by atoms with Crippen molar-refractivity contribution in [3.63, 3.8) is 0 Å². The monoisotopic (exact) mass is 228 g/mol. The lowest BCUT2D eigenvalue weighted by Crippen LogP contribution is -2.20. The molecule has 0 aromatic heterocycles. The van der Waals surface area contributed by atoms with Gasteiger partial charge in [0.05, 0.1) is 10.4 Å². The standard InChI is InChI=1S/C11H10ClFO2/c1-6-4-9(13)8(12)5-7(6)11(2-3-11)10(14)15/h4-5H,2-3H2,1H3,(H,14,15). The van der Waals surface area contributed by atoms with Crippen molar-refractivity contribution in [2.24, 2.45) is 0 Å². The summed E-state index contributed by atoms with van der Waals surface area (Å²) in [6.07, 6.45) is 1.20. The summed E-state index contributed by atoms with van der Waals surface area (Å²) in [5.41, 5.74) is 0.472. The fraction of sp³-hybridized carbons (Fsp3) is 0.364. The van der Waals surface area contributed by atoms with E-state index in [1.165, 1.54) is 12.1 Å². The number of halogens is 2. The minimum atomic E-state index is -0.853. The predicted octanol–water partition coefficient (Wildman–Crippen LogP) is 2.90. The molecule has 0 unspecified atom stereocenters. The zero-order valence-electron chi connectivity index (χ0n) is 8.18. The van der Waals surface area contributed by atoms with Gasteiger partial charge < -0.3 is 5.11 Å². The molecule has 2 nitrogen and oxygen atoms in total. The highest BCUT2D eigenvalue weighted by atomic mass is 35.5. The highest BCUT2D eigenvalue weighted by Gasteiger charge is 2.52. The Kier molecular flexibility index (Phi) is 2.23. The van der Waals surface area contributed by atoms with Crippen LogP contribution in [0.25, 0.3) is 0 Å². The number of hydrogen-bond acceptors (Lipinski definition) is 1. The Balaban J connectivity index is 2.54. The first-order valence-corrected chi connectivity index (χ1v) is 5.05. The molecule has 1 aliphatic rings. The molecule has 0 spiro atoms. The Hall–Kier alpha value is -1.09. The van der Waals surface area contributed by atoms with E-state index in [1.54, 1.807) is 6.92 Å². The van der Waals surface area contributed by atoms with Crippen LogP contribution in [-0.4, -0.2) is 11.1 Å². The molecule has 80 valence electrons. The Morgan fingerprint density at radius 1 is 1.53 bits per heavy atom. The van der Waals surface area contributed by atoms with E-state index in [0.717, 1.165) is 0 Å². The molecule has 0 bridgehead atoms. The molecular weight excluding hydrogens is 219 g/mol. The van der Waals surface area contributed by atoms with Crippen molar-refractivity contribution in [3.8, 4) is 0 Å². The first kappa shape index (κ1) is 10.4. The molecule has 1 N–H and O–H groups in total. The van der Waals surface area contributed by atoms with E-state index in [1.807, 2.05) is 0 Å². The van der Waals surface area contributed by atoms with E-state index >= 15 is 0 Å². The zero-order chi connectivity index (χ0) is 11.2.